The van der Waals surface area contributed by atoms with Crippen LogP contribution in [0.15, 0.2) is 79.0 Å². The van der Waals surface area contributed by atoms with Gasteiger partial charge in [-0.15, -0.1) is 0 Å². The Morgan fingerprint density at radius 2 is 1.57 bits per heavy atom. The van der Waals surface area contributed by atoms with Crippen LogP contribution in [0, 0.1) is 0 Å². The van der Waals surface area contributed by atoms with E-state index in [0.717, 1.165) is 17.0 Å². The maximum atomic E-state index is 13.3. The molecule has 4 rings (SSSR count). The number of carbonyl (C=O) groups excluding carboxylic acids is 2. The minimum Gasteiger partial charge on any atom is -0.497 e. The highest BCUT2D eigenvalue weighted by atomic mass is 16.5. The molecule has 0 aliphatic rings. The van der Waals surface area contributed by atoms with E-state index in [1.54, 1.807) is 38.5 Å². The van der Waals surface area contributed by atoms with Gasteiger partial charge in [0.25, 0.3) is 5.91 Å². The second-order valence-electron chi connectivity index (χ2n) is 10.1. The molecule has 1 N–H and O–H groups in total. The highest BCUT2D eigenvalue weighted by molar-refractivity contribution is 5.99. The van der Waals surface area contributed by atoms with Crippen LogP contribution in [0.25, 0.3) is 16.9 Å². The third kappa shape index (κ3) is 6.51. The fraction of sp³-hybridized carbons (Fsp3) is 0.281. The van der Waals surface area contributed by atoms with Gasteiger partial charge in [-0.2, -0.15) is 0 Å². The van der Waals surface area contributed by atoms with Crippen molar-refractivity contribution >= 4 is 17.8 Å². The van der Waals surface area contributed by atoms with Crippen LogP contribution >= 0.6 is 0 Å². The van der Waals surface area contributed by atoms with Gasteiger partial charge in [0.1, 0.15) is 18.0 Å². The second kappa shape index (κ2) is 12.5. The largest absolute Gasteiger partial charge is 0.497 e. The van der Waals surface area contributed by atoms with E-state index in [-0.39, 0.29) is 24.4 Å². The lowest BCUT2D eigenvalue weighted by Crippen LogP contribution is -2.42. The van der Waals surface area contributed by atoms with Crippen molar-refractivity contribution < 1.29 is 19.1 Å². The van der Waals surface area contributed by atoms with Gasteiger partial charge in [-0.05, 0) is 79.9 Å². The first-order chi connectivity index (χ1) is 19.2. The number of imidazole rings is 1. The lowest BCUT2D eigenvalue weighted by atomic mass is 10.0. The molecule has 0 bridgehead atoms. The molecule has 8 heteroatoms. The van der Waals surface area contributed by atoms with E-state index in [2.05, 4.69) is 31.3 Å². The van der Waals surface area contributed by atoms with Gasteiger partial charge in [0.2, 0.25) is 11.9 Å². The Kier molecular flexibility index (Phi) is 8.89. The van der Waals surface area contributed by atoms with Crippen molar-refractivity contribution in [1.29, 1.82) is 0 Å². The van der Waals surface area contributed by atoms with Gasteiger partial charge >= 0.3 is 0 Å². The molecule has 0 unspecified atom stereocenters. The monoisotopic (exact) mass is 540 g/mol. The third-order valence-corrected chi connectivity index (χ3v) is 6.70. The van der Waals surface area contributed by atoms with Gasteiger partial charge in [-0.1, -0.05) is 32.0 Å². The zero-order valence-electron chi connectivity index (χ0n) is 23.8. The van der Waals surface area contributed by atoms with Gasteiger partial charge in [0.15, 0.2) is 0 Å². The first-order valence-electron chi connectivity index (χ1n) is 13.3. The van der Waals surface area contributed by atoms with Crippen LogP contribution < -0.4 is 14.8 Å². The predicted octanol–water partition coefficient (Wildman–Crippen LogP) is 6.17. The van der Waals surface area contributed by atoms with E-state index in [4.69, 9.17) is 14.5 Å². The molecule has 40 heavy (non-hydrogen) atoms. The normalized spacial score (nSPS) is 11.0. The van der Waals surface area contributed by atoms with Gasteiger partial charge in [-0.25, -0.2) is 4.98 Å². The van der Waals surface area contributed by atoms with Crippen LogP contribution in [0.3, 0.4) is 0 Å². The zero-order valence-corrected chi connectivity index (χ0v) is 23.8. The van der Waals surface area contributed by atoms with Crippen molar-refractivity contribution in [1.82, 2.24) is 14.5 Å². The van der Waals surface area contributed by atoms with Crippen molar-refractivity contribution in [3.05, 3.63) is 90.1 Å². The average molecular weight is 541 g/mol. The Morgan fingerprint density at radius 3 is 2.17 bits per heavy atom. The molecule has 0 aliphatic carbocycles. The van der Waals surface area contributed by atoms with Crippen molar-refractivity contribution in [2.75, 3.05) is 26.1 Å². The topological polar surface area (TPSA) is 85.7 Å². The number of carbonyl (C=O) groups is 2. The minimum absolute atomic E-state index is 0.134. The van der Waals surface area contributed by atoms with E-state index in [0.29, 0.717) is 28.9 Å². The maximum absolute atomic E-state index is 13.3. The van der Waals surface area contributed by atoms with Crippen LogP contribution in [0.4, 0.5) is 5.95 Å². The Balaban J connectivity index is 1.63. The van der Waals surface area contributed by atoms with E-state index < -0.39 is 0 Å². The summed E-state index contributed by atoms with van der Waals surface area (Å²) in [6, 6.07) is 22.5. The van der Waals surface area contributed by atoms with Gasteiger partial charge < -0.3 is 14.4 Å². The molecule has 208 valence electrons. The van der Waals surface area contributed by atoms with Crippen LogP contribution in [0.2, 0.25) is 0 Å². The third-order valence-electron chi connectivity index (χ3n) is 6.70. The Hall–Kier alpha value is -4.59. The number of hydrogen-bond donors (Lipinski definition) is 1. The smallest absolute Gasteiger partial charge is 0.254 e. The number of rotatable bonds is 10. The van der Waals surface area contributed by atoms with Crippen molar-refractivity contribution in [3.8, 4) is 28.4 Å². The summed E-state index contributed by atoms with van der Waals surface area (Å²) in [7, 11) is 3.17. The summed E-state index contributed by atoms with van der Waals surface area (Å²) in [4.78, 5) is 32.9. The Labute approximate surface area is 235 Å². The molecule has 0 aliphatic heterocycles. The number of hydrogen-bond acceptors (Lipinski definition) is 5. The summed E-state index contributed by atoms with van der Waals surface area (Å²) in [5.74, 6) is 1.49. The van der Waals surface area contributed by atoms with E-state index in [9.17, 15) is 9.59 Å². The number of benzene rings is 3. The predicted molar refractivity (Wildman–Crippen MR) is 157 cm³/mol. The lowest BCUT2D eigenvalue weighted by molar-refractivity contribution is -0.117. The minimum atomic E-state index is -0.350. The average Bonchev–Trinajstić information content (AvgIpc) is 3.39. The summed E-state index contributed by atoms with van der Waals surface area (Å²) < 4.78 is 12.4. The van der Waals surface area contributed by atoms with Gasteiger partial charge in [-0.3, -0.25) is 19.5 Å². The van der Waals surface area contributed by atoms with E-state index in [1.165, 1.54) is 10.5 Å². The zero-order chi connectivity index (χ0) is 28.8. The van der Waals surface area contributed by atoms with Gasteiger partial charge in [0, 0.05) is 29.1 Å². The van der Waals surface area contributed by atoms with Gasteiger partial charge in [0.05, 0.1) is 19.9 Å². The lowest BCUT2D eigenvalue weighted by Gasteiger charge is -2.26. The standard InChI is InChI=1S/C32H36N4O4/c1-21(2)23-10-14-26(15-11-23)36-19-29(24-12-16-27(39-5)17-13-24)33-32(36)34-30(37)20-35(22(3)4)31(38)25-8-7-9-28(18-25)40-6/h7-19,21-22H,20H2,1-6H3,(H,33,34,37). The number of nitrogens with one attached hydrogen (secondary N) is 1. The SMILES string of the molecule is COc1ccc(-c2cn(-c3ccc(C(C)C)cc3)c(NC(=O)CN(C(=O)c3cccc(OC)c3)C(C)C)n2)cc1. The fourth-order valence-electron chi connectivity index (χ4n) is 4.32. The van der Waals surface area contributed by atoms with Crippen LogP contribution in [-0.2, 0) is 4.79 Å². The Bertz CT molecular complexity index is 1460. The maximum Gasteiger partial charge on any atom is 0.254 e. The highest BCUT2D eigenvalue weighted by Gasteiger charge is 2.23. The molecular weight excluding hydrogens is 504 g/mol. The molecule has 0 atom stereocenters. The second-order valence-corrected chi connectivity index (χ2v) is 10.1. The fourth-order valence-corrected chi connectivity index (χ4v) is 4.32. The van der Waals surface area contributed by atoms with E-state index in [1.807, 2.05) is 61.0 Å². The number of anilines is 1. The summed E-state index contributed by atoms with van der Waals surface area (Å²) in [6.07, 6.45) is 1.89. The number of amides is 2. The molecule has 2 amide bonds. The Morgan fingerprint density at radius 1 is 0.900 bits per heavy atom. The number of ether oxygens (including phenoxy) is 2. The first-order valence-corrected chi connectivity index (χ1v) is 13.3. The van der Waals surface area contributed by atoms with Crippen molar-refractivity contribution in [2.45, 2.75) is 39.7 Å². The molecule has 0 fully saturated rings. The van der Waals surface area contributed by atoms with Crippen molar-refractivity contribution in [3.63, 3.8) is 0 Å². The van der Waals surface area contributed by atoms with Crippen LogP contribution in [0.1, 0.15) is 49.5 Å². The molecule has 8 nitrogen and oxygen atoms in total. The molecule has 4 aromatic rings. The summed E-state index contributed by atoms with van der Waals surface area (Å²) >= 11 is 0. The van der Waals surface area contributed by atoms with Crippen LogP contribution in [-0.4, -0.2) is 53.1 Å². The van der Waals surface area contributed by atoms with Crippen LogP contribution in [0.5, 0.6) is 11.5 Å². The summed E-state index contributed by atoms with van der Waals surface area (Å²) in [6.45, 7) is 7.92. The van der Waals surface area contributed by atoms with E-state index >= 15 is 0 Å². The molecule has 1 aromatic heterocycles. The number of aromatic nitrogens is 2. The highest BCUT2D eigenvalue weighted by Crippen LogP contribution is 2.27. The van der Waals surface area contributed by atoms with Crippen molar-refractivity contribution in [2.24, 2.45) is 0 Å². The summed E-state index contributed by atoms with van der Waals surface area (Å²) in [5, 5.41) is 2.94. The summed E-state index contributed by atoms with van der Waals surface area (Å²) in [5.41, 5.74) is 4.10. The molecule has 0 saturated heterocycles. The first kappa shape index (κ1) is 28.4. The quantitative estimate of drug-likeness (QED) is 0.260. The molecule has 0 radical (unpaired) electrons. The molecule has 3 aromatic carbocycles. The molecule has 1 heterocycles. The molecule has 0 spiro atoms. The number of nitrogens with zero attached hydrogens (tertiary/aromatic N) is 3. The molecule has 0 saturated carbocycles. The number of methoxy groups -OCH3 is 2. The molecular formula is C32H36N4O4.